The monoisotopic (exact) mass is 299 g/mol. The first-order valence-electron chi connectivity index (χ1n) is 6.75. The Kier molecular flexibility index (Phi) is 4.98. The summed E-state index contributed by atoms with van der Waals surface area (Å²) in [6, 6.07) is 11.3. The van der Waals surface area contributed by atoms with Gasteiger partial charge < -0.3 is 15.6 Å². The highest BCUT2D eigenvalue weighted by Gasteiger charge is 2.04. The number of carbonyl (C=O) groups is 1. The van der Waals surface area contributed by atoms with E-state index in [2.05, 4.69) is 10.5 Å². The molecule has 114 valence electrons. The second kappa shape index (κ2) is 7.12. The molecule has 2 aromatic carbocycles. The number of carbonyl (C=O) groups excluding carboxylic acids is 1. The number of nitrogens with one attached hydrogen (secondary N) is 1. The summed E-state index contributed by atoms with van der Waals surface area (Å²) in [5, 5.41) is 13.7. The maximum absolute atomic E-state index is 11.8. The van der Waals surface area contributed by atoms with E-state index in [4.69, 9.17) is 10.5 Å². The molecule has 6 nitrogen and oxygen atoms in total. The topological polar surface area (TPSA) is 96.9 Å². The zero-order valence-corrected chi connectivity index (χ0v) is 12.1. The second-order valence-corrected chi connectivity index (χ2v) is 4.47. The summed E-state index contributed by atoms with van der Waals surface area (Å²) in [5.41, 5.74) is 9.44. The average molecular weight is 299 g/mol. The molecule has 0 fully saturated rings. The fourth-order valence-corrected chi connectivity index (χ4v) is 1.75. The zero-order chi connectivity index (χ0) is 15.9. The van der Waals surface area contributed by atoms with Gasteiger partial charge in [-0.1, -0.05) is 0 Å². The number of nitrogens with zero attached hydrogens (tertiary/aromatic N) is 1. The molecule has 2 rings (SSSR count). The molecule has 0 spiro atoms. The molecule has 0 aliphatic carbocycles. The lowest BCUT2D eigenvalue weighted by Crippen LogP contribution is -2.17. The number of nitrogens with two attached hydrogens (primary N) is 1. The molecule has 0 aromatic heterocycles. The number of hydrazone groups is 1. The predicted molar refractivity (Wildman–Crippen MR) is 85.2 cm³/mol. The number of phenolic OH excluding ortho intramolecular Hbond substituents is 1. The first-order chi connectivity index (χ1) is 10.6. The molecule has 4 N–H and O–H groups in total. The molecule has 0 aliphatic heterocycles. The fourth-order valence-electron chi connectivity index (χ4n) is 1.75. The van der Waals surface area contributed by atoms with Crippen LogP contribution >= 0.6 is 0 Å². The van der Waals surface area contributed by atoms with Crippen LogP contribution in [0.2, 0.25) is 0 Å². The Morgan fingerprint density at radius 2 is 2.05 bits per heavy atom. The summed E-state index contributed by atoms with van der Waals surface area (Å²) < 4.78 is 5.27. The van der Waals surface area contributed by atoms with E-state index >= 15 is 0 Å². The molecular weight excluding hydrogens is 282 g/mol. The van der Waals surface area contributed by atoms with Crippen molar-refractivity contribution in [2.75, 3.05) is 12.3 Å². The van der Waals surface area contributed by atoms with Gasteiger partial charge in [0, 0.05) is 22.9 Å². The Balaban J connectivity index is 2.00. The van der Waals surface area contributed by atoms with Crippen LogP contribution in [0.1, 0.15) is 22.8 Å². The second-order valence-electron chi connectivity index (χ2n) is 4.47. The molecule has 0 bridgehead atoms. The van der Waals surface area contributed by atoms with Gasteiger partial charge in [0.25, 0.3) is 5.91 Å². The van der Waals surface area contributed by atoms with Gasteiger partial charge in [-0.05, 0) is 43.3 Å². The van der Waals surface area contributed by atoms with Gasteiger partial charge in [-0.15, -0.1) is 0 Å². The lowest BCUT2D eigenvalue weighted by atomic mass is 10.2. The van der Waals surface area contributed by atoms with Crippen molar-refractivity contribution in [2.24, 2.45) is 5.10 Å². The van der Waals surface area contributed by atoms with Gasteiger partial charge in [0.1, 0.15) is 11.5 Å². The van der Waals surface area contributed by atoms with Crippen LogP contribution in [0.25, 0.3) is 0 Å². The van der Waals surface area contributed by atoms with Gasteiger partial charge >= 0.3 is 0 Å². The highest BCUT2D eigenvalue weighted by Crippen LogP contribution is 2.22. The van der Waals surface area contributed by atoms with Crippen LogP contribution in [-0.4, -0.2) is 23.8 Å². The van der Waals surface area contributed by atoms with Crippen molar-refractivity contribution >= 4 is 17.8 Å². The number of aromatic hydroxyl groups is 1. The molecule has 0 unspecified atom stereocenters. The van der Waals surface area contributed by atoms with Gasteiger partial charge in [-0.25, -0.2) is 5.43 Å². The summed E-state index contributed by atoms with van der Waals surface area (Å²) in [6.07, 6.45) is 1.36. The third-order valence-corrected chi connectivity index (χ3v) is 2.86. The number of rotatable bonds is 5. The van der Waals surface area contributed by atoms with Gasteiger partial charge in [-0.3, -0.25) is 4.79 Å². The van der Waals surface area contributed by atoms with Gasteiger partial charge in [0.15, 0.2) is 0 Å². The van der Waals surface area contributed by atoms with E-state index in [0.29, 0.717) is 29.2 Å². The minimum Gasteiger partial charge on any atom is -0.507 e. The average Bonchev–Trinajstić information content (AvgIpc) is 2.50. The predicted octanol–water partition coefficient (Wildman–Crippen LogP) is 2.14. The maximum atomic E-state index is 11.8. The lowest BCUT2D eigenvalue weighted by molar-refractivity contribution is 0.0955. The van der Waals surface area contributed by atoms with Crippen molar-refractivity contribution in [1.82, 2.24) is 5.43 Å². The molecule has 6 heteroatoms. The largest absolute Gasteiger partial charge is 0.507 e. The van der Waals surface area contributed by atoms with Crippen molar-refractivity contribution in [1.29, 1.82) is 0 Å². The number of anilines is 1. The Labute approximate surface area is 128 Å². The van der Waals surface area contributed by atoms with E-state index in [1.165, 1.54) is 12.3 Å². The highest BCUT2D eigenvalue weighted by atomic mass is 16.5. The van der Waals surface area contributed by atoms with Crippen LogP contribution in [0.3, 0.4) is 0 Å². The normalized spacial score (nSPS) is 10.6. The van der Waals surface area contributed by atoms with Gasteiger partial charge in [0.05, 0.1) is 12.8 Å². The van der Waals surface area contributed by atoms with E-state index in [1.54, 1.807) is 36.4 Å². The van der Waals surface area contributed by atoms with Crippen LogP contribution in [0.5, 0.6) is 11.5 Å². The maximum Gasteiger partial charge on any atom is 0.271 e. The van der Waals surface area contributed by atoms with Crippen molar-refractivity contribution < 1.29 is 14.6 Å². The van der Waals surface area contributed by atoms with Crippen molar-refractivity contribution in [3.05, 3.63) is 53.6 Å². The summed E-state index contributed by atoms with van der Waals surface area (Å²) in [7, 11) is 0. The summed E-state index contributed by atoms with van der Waals surface area (Å²) in [5.74, 6) is 0.237. The van der Waals surface area contributed by atoms with Gasteiger partial charge in [-0.2, -0.15) is 5.10 Å². The Bertz CT molecular complexity index is 682. The minimum atomic E-state index is -0.360. The number of ether oxygens (including phenoxy) is 1. The van der Waals surface area contributed by atoms with Gasteiger partial charge in [0.2, 0.25) is 0 Å². The van der Waals surface area contributed by atoms with E-state index in [-0.39, 0.29) is 11.7 Å². The van der Waals surface area contributed by atoms with E-state index in [1.807, 2.05) is 6.92 Å². The molecule has 22 heavy (non-hydrogen) atoms. The number of benzene rings is 2. The Morgan fingerprint density at radius 3 is 2.68 bits per heavy atom. The van der Waals surface area contributed by atoms with E-state index in [0.717, 1.165) is 0 Å². The van der Waals surface area contributed by atoms with Crippen LogP contribution in [0, 0.1) is 0 Å². The molecule has 0 saturated carbocycles. The number of nitrogen functional groups attached to an aromatic ring is 1. The summed E-state index contributed by atoms with van der Waals surface area (Å²) >= 11 is 0. The lowest BCUT2D eigenvalue weighted by Gasteiger charge is -2.05. The van der Waals surface area contributed by atoms with Crippen LogP contribution < -0.4 is 15.9 Å². The summed E-state index contributed by atoms with van der Waals surface area (Å²) in [4.78, 5) is 11.8. The fraction of sp³-hybridized carbons (Fsp3) is 0.125. The van der Waals surface area contributed by atoms with Crippen molar-refractivity contribution in [3.8, 4) is 11.5 Å². The van der Waals surface area contributed by atoms with E-state index < -0.39 is 0 Å². The van der Waals surface area contributed by atoms with Crippen LogP contribution in [-0.2, 0) is 0 Å². The number of phenols is 1. The number of amides is 1. The molecule has 0 radical (unpaired) electrons. The zero-order valence-electron chi connectivity index (χ0n) is 12.1. The minimum absolute atomic E-state index is 0.0245. The molecule has 0 aliphatic rings. The molecule has 0 heterocycles. The summed E-state index contributed by atoms with van der Waals surface area (Å²) in [6.45, 7) is 2.38. The standard InChI is InChI=1S/C16H17N3O3/c1-2-22-14-8-5-12(15(20)9-14)10-18-19-16(21)11-3-6-13(17)7-4-11/h3-10,20H,2,17H2,1H3,(H,19,21)/b18-10+. The molecule has 0 atom stereocenters. The first-order valence-corrected chi connectivity index (χ1v) is 6.75. The molecule has 2 aromatic rings. The Hall–Kier alpha value is -3.02. The molecule has 1 amide bonds. The third-order valence-electron chi connectivity index (χ3n) is 2.86. The van der Waals surface area contributed by atoms with Crippen molar-refractivity contribution in [3.63, 3.8) is 0 Å². The molecular formula is C16H17N3O3. The van der Waals surface area contributed by atoms with Crippen LogP contribution in [0.4, 0.5) is 5.69 Å². The third kappa shape index (κ3) is 3.99. The number of hydrogen-bond acceptors (Lipinski definition) is 5. The Morgan fingerprint density at radius 1 is 1.32 bits per heavy atom. The van der Waals surface area contributed by atoms with Crippen molar-refractivity contribution in [2.45, 2.75) is 6.92 Å². The molecule has 0 saturated heterocycles. The number of hydrogen-bond donors (Lipinski definition) is 3. The first kappa shape index (κ1) is 15.4. The van der Waals surface area contributed by atoms with E-state index in [9.17, 15) is 9.90 Å². The SMILES string of the molecule is CCOc1ccc(/C=N/NC(=O)c2ccc(N)cc2)c(O)c1. The smallest absolute Gasteiger partial charge is 0.271 e. The van der Waals surface area contributed by atoms with Crippen LogP contribution in [0.15, 0.2) is 47.6 Å². The quantitative estimate of drug-likeness (QED) is 0.447. The highest BCUT2D eigenvalue weighted by molar-refractivity contribution is 5.95.